The lowest BCUT2D eigenvalue weighted by Gasteiger charge is -2.19. The van der Waals surface area contributed by atoms with Crippen LogP contribution in [0.15, 0.2) is 70.3 Å². The van der Waals surface area contributed by atoms with E-state index in [2.05, 4.69) is 0 Å². The van der Waals surface area contributed by atoms with Crippen LogP contribution in [0.2, 0.25) is 0 Å². The van der Waals surface area contributed by atoms with E-state index in [0.717, 1.165) is 21.5 Å². The molecule has 7 heteroatoms. The highest BCUT2D eigenvalue weighted by atomic mass is 16.2. The van der Waals surface area contributed by atoms with Crippen molar-refractivity contribution in [2.45, 2.75) is 20.4 Å². The van der Waals surface area contributed by atoms with Gasteiger partial charge in [-0.05, 0) is 49.7 Å². The maximum atomic E-state index is 13.4. The van der Waals surface area contributed by atoms with Crippen LogP contribution >= 0.6 is 0 Å². The van der Waals surface area contributed by atoms with Crippen molar-refractivity contribution in [1.82, 2.24) is 13.7 Å². The topological polar surface area (TPSA) is 69.2 Å². The standard InChI is InChI=1S/C24H24N4O3/c1-16-9-8-12-19(13-16)26(4)21(29)15-27-20-14-17(2)25(3)22(20)23(30)28(24(27)31)18-10-6-5-7-11-18/h5-14H,15H2,1-4H3. The highest BCUT2D eigenvalue weighted by Gasteiger charge is 2.21. The fourth-order valence-electron chi connectivity index (χ4n) is 3.77. The number of nitrogens with zero attached hydrogens (tertiary/aromatic N) is 4. The Balaban J connectivity index is 1.89. The number of fused-ring (bicyclic) bond motifs is 1. The smallest absolute Gasteiger partial charge is 0.336 e. The van der Waals surface area contributed by atoms with Gasteiger partial charge in [-0.25, -0.2) is 9.36 Å². The maximum absolute atomic E-state index is 13.4. The molecule has 0 unspecified atom stereocenters. The van der Waals surface area contributed by atoms with Gasteiger partial charge in [-0.2, -0.15) is 0 Å². The Hall–Kier alpha value is -3.87. The molecule has 0 N–H and O–H groups in total. The minimum atomic E-state index is -0.541. The third-order valence-electron chi connectivity index (χ3n) is 5.64. The van der Waals surface area contributed by atoms with E-state index in [4.69, 9.17) is 0 Å². The molecule has 7 nitrogen and oxygen atoms in total. The largest absolute Gasteiger partial charge is 0.342 e. The number of aromatic nitrogens is 3. The molecule has 0 saturated carbocycles. The molecular weight excluding hydrogens is 392 g/mol. The van der Waals surface area contributed by atoms with Crippen LogP contribution in [0.3, 0.4) is 0 Å². The van der Waals surface area contributed by atoms with Gasteiger partial charge in [0.2, 0.25) is 5.91 Å². The Morgan fingerprint density at radius 3 is 2.35 bits per heavy atom. The summed E-state index contributed by atoms with van der Waals surface area (Å²) in [5.41, 5.74) is 2.96. The zero-order valence-corrected chi connectivity index (χ0v) is 18.0. The summed E-state index contributed by atoms with van der Waals surface area (Å²) in [5, 5.41) is 0. The number of carbonyl (C=O) groups excluding carboxylic acids is 1. The average molecular weight is 416 g/mol. The van der Waals surface area contributed by atoms with Gasteiger partial charge in [-0.1, -0.05) is 30.3 Å². The van der Waals surface area contributed by atoms with E-state index in [1.807, 2.05) is 44.2 Å². The molecule has 31 heavy (non-hydrogen) atoms. The first-order valence-corrected chi connectivity index (χ1v) is 10.00. The molecule has 2 heterocycles. The van der Waals surface area contributed by atoms with Gasteiger partial charge in [0.15, 0.2) is 0 Å². The number of anilines is 1. The number of rotatable bonds is 4. The Morgan fingerprint density at radius 1 is 0.968 bits per heavy atom. The van der Waals surface area contributed by atoms with Crippen LogP contribution in [0.4, 0.5) is 5.69 Å². The molecule has 2 aromatic carbocycles. The lowest BCUT2D eigenvalue weighted by atomic mass is 10.2. The van der Waals surface area contributed by atoms with Crippen molar-refractivity contribution in [3.05, 3.63) is 92.8 Å². The van der Waals surface area contributed by atoms with Crippen LogP contribution in [-0.4, -0.2) is 26.7 Å². The molecule has 158 valence electrons. The first-order valence-electron chi connectivity index (χ1n) is 10.00. The fraction of sp³-hybridized carbons (Fsp3) is 0.208. The molecule has 0 aliphatic rings. The summed E-state index contributed by atoms with van der Waals surface area (Å²) in [6.07, 6.45) is 0. The summed E-state index contributed by atoms with van der Waals surface area (Å²) in [6, 6.07) is 18.1. The van der Waals surface area contributed by atoms with Crippen molar-refractivity contribution in [1.29, 1.82) is 0 Å². The average Bonchev–Trinajstić information content (AvgIpc) is 3.06. The fourth-order valence-corrected chi connectivity index (χ4v) is 3.77. The molecule has 4 rings (SSSR count). The predicted molar refractivity (Wildman–Crippen MR) is 122 cm³/mol. The molecule has 0 bridgehead atoms. The number of benzene rings is 2. The van der Waals surface area contributed by atoms with Crippen LogP contribution in [0.1, 0.15) is 11.3 Å². The molecule has 0 atom stereocenters. The molecular formula is C24H24N4O3. The first-order chi connectivity index (χ1) is 14.8. The Bertz CT molecular complexity index is 1410. The number of amides is 1. The third kappa shape index (κ3) is 3.48. The summed E-state index contributed by atoms with van der Waals surface area (Å²) in [6.45, 7) is 3.64. The molecule has 0 spiro atoms. The van der Waals surface area contributed by atoms with Gasteiger partial charge in [0.1, 0.15) is 12.1 Å². The molecule has 2 aromatic heterocycles. The Labute approximate surface area is 179 Å². The van der Waals surface area contributed by atoms with Crippen molar-refractivity contribution in [3.63, 3.8) is 0 Å². The van der Waals surface area contributed by atoms with E-state index in [1.54, 1.807) is 49.0 Å². The summed E-state index contributed by atoms with van der Waals surface area (Å²) in [5.74, 6) is -0.256. The second kappa shape index (κ2) is 7.75. The lowest BCUT2D eigenvalue weighted by molar-refractivity contribution is -0.118. The summed E-state index contributed by atoms with van der Waals surface area (Å²) in [7, 11) is 3.46. The van der Waals surface area contributed by atoms with E-state index in [1.165, 1.54) is 9.47 Å². The van der Waals surface area contributed by atoms with Crippen LogP contribution in [0.25, 0.3) is 16.7 Å². The molecule has 0 aliphatic carbocycles. The van der Waals surface area contributed by atoms with Crippen LogP contribution in [0, 0.1) is 13.8 Å². The summed E-state index contributed by atoms with van der Waals surface area (Å²) in [4.78, 5) is 41.3. The molecule has 1 amide bonds. The van der Waals surface area contributed by atoms with Crippen molar-refractivity contribution in [2.75, 3.05) is 11.9 Å². The van der Waals surface area contributed by atoms with Gasteiger partial charge in [0, 0.05) is 25.5 Å². The van der Waals surface area contributed by atoms with Crippen molar-refractivity contribution < 1.29 is 4.79 Å². The van der Waals surface area contributed by atoms with Crippen LogP contribution in [0.5, 0.6) is 0 Å². The van der Waals surface area contributed by atoms with E-state index in [-0.39, 0.29) is 12.5 Å². The second-order valence-electron chi connectivity index (χ2n) is 7.72. The normalized spacial score (nSPS) is 11.1. The third-order valence-corrected chi connectivity index (χ3v) is 5.64. The van der Waals surface area contributed by atoms with Crippen molar-refractivity contribution in [3.8, 4) is 5.69 Å². The number of carbonyl (C=O) groups is 1. The second-order valence-corrected chi connectivity index (χ2v) is 7.72. The van der Waals surface area contributed by atoms with Gasteiger partial charge in [-0.3, -0.25) is 14.2 Å². The monoisotopic (exact) mass is 416 g/mol. The number of likely N-dealkylation sites (N-methyl/N-ethyl adjacent to an activating group) is 1. The molecule has 4 aromatic rings. The van der Waals surface area contributed by atoms with Crippen molar-refractivity contribution >= 4 is 22.6 Å². The maximum Gasteiger partial charge on any atom is 0.336 e. The Kier molecular flexibility index (Phi) is 5.10. The lowest BCUT2D eigenvalue weighted by Crippen LogP contribution is -2.42. The zero-order chi connectivity index (χ0) is 22.3. The highest BCUT2D eigenvalue weighted by molar-refractivity contribution is 5.93. The molecule has 0 fully saturated rings. The van der Waals surface area contributed by atoms with Gasteiger partial charge < -0.3 is 9.47 Å². The van der Waals surface area contributed by atoms with Gasteiger partial charge >= 0.3 is 5.69 Å². The number of aryl methyl sites for hydroxylation is 3. The van der Waals surface area contributed by atoms with E-state index < -0.39 is 11.2 Å². The predicted octanol–water partition coefficient (Wildman–Crippen LogP) is 2.77. The minimum absolute atomic E-state index is 0.184. The highest BCUT2D eigenvalue weighted by Crippen LogP contribution is 2.17. The van der Waals surface area contributed by atoms with E-state index >= 15 is 0 Å². The summed E-state index contributed by atoms with van der Waals surface area (Å²) < 4.78 is 4.26. The van der Waals surface area contributed by atoms with Crippen LogP contribution in [-0.2, 0) is 18.4 Å². The van der Waals surface area contributed by atoms with Crippen molar-refractivity contribution in [2.24, 2.45) is 7.05 Å². The van der Waals surface area contributed by atoms with E-state index in [0.29, 0.717) is 16.7 Å². The SMILES string of the molecule is Cc1cccc(N(C)C(=O)Cn2c(=O)n(-c3ccccc3)c(=O)c3c2cc(C)n3C)c1. The summed E-state index contributed by atoms with van der Waals surface area (Å²) >= 11 is 0. The molecule has 0 radical (unpaired) electrons. The molecule has 0 aliphatic heterocycles. The zero-order valence-electron chi connectivity index (χ0n) is 18.0. The quantitative estimate of drug-likeness (QED) is 0.514. The van der Waals surface area contributed by atoms with Crippen LogP contribution < -0.4 is 16.1 Å². The molecule has 0 saturated heterocycles. The first kappa shape index (κ1) is 20.4. The number of hydrogen-bond acceptors (Lipinski definition) is 3. The van der Waals surface area contributed by atoms with E-state index in [9.17, 15) is 14.4 Å². The Morgan fingerprint density at radius 2 is 1.68 bits per heavy atom. The number of para-hydroxylation sites is 1. The number of hydrogen-bond donors (Lipinski definition) is 0. The van der Waals surface area contributed by atoms with Gasteiger partial charge in [0.05, 0.1) is 11.2 Å². The minimum Gasteiger partial charge on any atom is -0.342 e. The van der Waals surface area contributed by atoms with Gasteiger partial charge in [-0.15, -0.1) is 0 Å². The van der Waals surface area contributed by atoms with Gasteiger partial charge in [0.25, 0.3) is 5.56 Å².